The van der Waals surface area contributed by atoms with Crippen LogP contribution >= 0.6 is 11.3 Å². The molecule has 22 heavy (non-hydrogen) atoms. The lowest BCUT2D eigenvalue weighted by molar-refractivity contribution is 0.0971. The number of para-hydroxylation sites is 1. The van der Waals surface area contributed by atoms with Crippen LogP contribution in [0.2, 0.25) is 0 Å². The highest BCUT2D eigenvalue weighted by atomic mass is 32.1. The van der Waals surface area contributed by atoms with Crippen LogP contribution in [0.3, 0.4) is 0 Å². The van der Waals surface area contributed by atoms with Crippen molar-refractivity contribution in [1.29, 1.82) is 5.26 Å². The summed E-state index contributed by atoms with van der Waals surface area (Å²) in [6.45, 7) is 2.60. The lowest BCUT2D eigenvalue weighted by Crippen LogP contribution is -2.14. The molecule has 0 aliphatic carbocycles. The van der Waals surface area contributed by atoms with Crippen LogP contribution in [0.5, 0.6) is 5.75 Å². The Morgan fingerprint density at radius 1 is 1.41 bits per heavy atom. The number of ketones is 1. The smallest absolute Gasteiger partial charge is 0.190 e. The minimum atomic E-state index is -0.911. The Kier molecular flexibility index (Phi) is 5.64. The zero-order valence-electron chi connectivity index (χ0n) is 12.4. The molecule has 0 saturated carbocycles. The minimum absolute atomic E-state index is 0.301. The van der Waals surface area contributed by atoms with E-state index in [-0.39, 0.29) is 5.78 Å². The van der Waals surface area contributed by atoms with E-state index in [1.165, 1.54) is 11.3 Å². The molecule has 0 radical (unpaired) electrons. The predicted octanol–water partition coefficient (Wildman–Crippen LogP) is 2.97. The molecule has 0 spiro atoms. The first kappa shape index (κ1) is 16.1. The third-order valence-electron chi connectivity index (χ3n) is 2.97. The van der Waals surface area contributed by atoms with E-state index in [1.54, 1.807) is 31.4 Å². The van der Waals surface area contributed by atoms with E-state index in [2.05, 4.69) is 4.98 Å². The van der Waals surface area contributed by atoms with Gasteiger partial charge in [-0.25, -0.2) is 4.98 Å². The van der Waals surface area contributed by atoms with Crippen LogP contribution in [0.1, 0.15) is 27.0 Å². The van der Waals surface area contributed by atoms with Crippen molar-refractivity contribution < 1.29 is 14.3 Å². The number of hydrogen-bond acceptors (Lipinski definition) is 6. The molecule has 0 aliphatic heterocycles. The maximum atomic E-state index is 12.7. The lowest BCUT2D eigenvalue weighted by Gasteiger charge is -2.12. The second-order valence-corrected chi connectivity index (χ2v) is 5.48. The van der Waals surface area contributed by atoms with Crippen LogP contribution in [0, 0.1) is 18.3 Å². The highest BCUT2D eigenvalue weighted by Crippen LogP contribution is 2.28. The molecule has 2 rings (SSSR count). The van der Waals surface area contributed by atoms with E-state index in [4.69, 9.17) is 9.47 Å². The predicted molar refractivity (Wildman–Crippen MR) is 83.3 cm³/mol. The van der Waals surface area contributed by atoms with Crippen LogP contribution in [0.25, 0.3) is 0 Å². The normalized spacial score (nSPS) is 11.7. The number of nitrogens with zero attached hydrogens (tertiary/aromatic N) is 2. The number of ether oxygens (including phenoxy) is 2. The Balaban J connectivity index is 2.26. The second-order valence-electron chi connectivity index (χ2n) is 4.59. The van der Waals surface area contributed by atoms with Gasteiger partial charge in [0.2, 0.25) is 0 Å². The molecule has 2 aromatic rings. The molecule has 5 nitrogen and oxygen atoms in total. The van der Waals surface area contributed by atoms with Crippen LogP contribution in [0.15, 0.2) is 29.6 Å². The lowest BCUT2D eigenvalue weighted by atomic mass is 9.98. The summed E-state index contributed by atoms with van der Waals surface area (Å²) in [5.41, 5.74) is 1.19. The molecule has 0 amide bonds. The van der Waals surface area contributed by atoms with Gasteiger partial charge in [-0.15, -0.1) is 11.3 Å². The summed E-state index contributed by atoms with van der Waals surface area (Å²) >= 11 is 1.32. The zero-order chi connectivity index (χ0) is 15.9. The molecule has 0 saturated heterocycles. The first-order valence-electron chi connectivity index (χ1n) is 6.74. The Hall–Kier alpha value is -2.23. The SMILES string of the molecule is COCCOc1ccccc1C(=O)C(C#N)c1nc(C)cs1. The maximum absolute atomic E-state index is 12.7. The standard InChI is InChI=1S/C16H16N2O3S/c1-11-10-22-16(18-11)13(9-17)15(19)12-5-3-4-6-14(12)21-8-7-20-2/h3-6,10,13H,7-8H2,1-2H3. The molecule has 1 unspecified atom stereocenters. The van der Waals surface area contributed by atoms with Crippen molar-refractivity contribution >= 4 is 17.1 Å². The first-order valence-corrected chi connectivity index (χ1v) is 7.62. The molecule has 0 bridgehead atoms. The molecule has 1 heterocycles. The van der Waals surface area contributed by atoms with Crippen LogP contribution in [-0.4, -0.2) is 31.1 Å². The third kappa shape index (κ3) is 3.70. The highest BCUT2D eigenvalue weighted by molar-refractivity contribution is 7.10. The Labute approximate surface area is 133 Å². The van der Waals surface area contributed by atoms with Gasteiger partial charge in [-0.3, -0.25) is 4.79 Å². The molecule has 1 atom stereocenters. The van der Waals surface area contributed by atoms with Gasteiger partial charge < -0.3 is 9.47 Å². The number of carbonyl (C=O) groups excluding carboxylic acids is 1. The molecule has 0 fully saturated rings. The Morgan fingerprint density at radius 3 is 2.82 bits per heavy atom. The van der Waals surface area contributed by atoms with Crippen LogP contribution < -0.4 is 4.74 Å². The van der Waals surface area contributed by atoms with Gasteiger partial charge in [0.1, 0.15) is 17.4 Å². The summed E-state index contributed by atoms with van der Waals surface area (Å²) in [5.74, 6) is -0.756. The number of rotatable bonds is 7. The molecule has 0 N–H and O–H groups in total. The van der Waals surface area contributed by atoms with Gasteiger partial charge in [0.25, 0.3) is 0 Å². The summed E-state index contributed by atoms with van der Waals surface area (Å²) in [4.78, 5) is 16.9. The number of aromatic nitrogens is 1. The van der Waals surface area contributed by atoms with Gasteiger partial charge in [0.05, 0.1) is 18.2 Å². The number of nitriles is 1. The third-order valence-corrected chi connectivity index (χ3v) is 4.00. The van der Waals surface area contributed by atoms with Crippen molar-refractivity contribution in [2.75, 3.05) is 20.3 Å². The highest BCUT2D eigenvalue weighted by Gasteiger charge is 2.26. The van der Waals surface area contributed by atoms with E-state index < -0.39 is 5.92 Å². The number of methoxy groups -OCH3 is 1. The van der Waals surface area contributed by atoms with Crippen LogP contribution in [0.4, 0.5) is 0 Å². The Bertz CT molecular complexity index is 691. The summed E-state index contributed by atoms with van der Waals surface area (Å²) in [5, 5.41) is 11.7. The molecular formula is C16H16N2O3S. The average Bonchev–Trinajstić information content (AvgIpc) is 2.95. The maximum Gasteiger partial charge on any atom is 0.190 e. The second kappa shape index (κ2) is 7.69. The number of thiazole rings is 1. The number of Topliss-reactive ketones (excluding diaryl/α,β-unsaturated/α-hetero) is 1. The fourth-order valence-corrected chi connectivity index (χ4v) is 2.75. The molecular weight excluding hydrogens is 300 g/mol. The number of benzene rings is 1. The van der Waals surface area contributed by atoms with Gasteiger partial charge in [0.15, 0.2) is 11.7 Å². The van der Waals surface area contributed by atoms with Crippen molar-refractivity contribution in [1.82, 2.24) is 4.98 Å². The largest absolute Gasteiger partial charge is 0.490 e. The topological polar surface area (TPSA) is 72.2 Å². The summed E-state index contributed by atoms with van der Waals surface area (Å²) in [6.07, 6.45) is 0. The van der Waals surface area contributed by atoms with E-state index in [0.29, 0.717) is 29.5 Å². The molecule has 1 aromatic heterocycles. The van der Waals surface area contributed by atoms with Gasteiger partial charge >= 0.3 is 0 Å². The van der Waals surface area contributed by atoms with E-state index in [0.717, 1.165) is 5.69 Å². The van der Waals surface area contributed by atoms with Crippen molar-refractivity contribution in [3.63, 3.8) is 0 Å². The molecule has 1 aromatic carbocycles. The van der Waals surface area contributed by atoms with Crippen molar-refractivity contribution in [3.8, 4) is 11.8 Å². The average molecular weight is 316 g/mol. The zero-order valence-corrected chi connectivity index (χ0v) is 13.2. The number of carbonyl (C=O) groups is 1. The summed E-state index contributed by atoms with van der Waals surface area (Å²) in [7, 11) is 1.58. The quantitative estimate of drug-likeness (QED) is 0.580. The van der Waals surface area contributed by atoms with Gasteiger partial charge in [-0.1, -0.05) is 12.1 Å². The van der Waals surface area contributed by atoms with Gasteiger partial charge in [0, 0.05) is 18.2 Å². The van der Waals surface area contributed by atoms with Gasteiger partial charge in [-0.2, -0.15) is 5.26 Å². The fourth-order valence-electron chi connectivity index (χ4n) is 1.92. The van der Waals surface area contributed by atoms with E-state index >= 15 is 0 Å². The van der Waals surface area contributed by atoms with E-state index in [9.17, 15) is 10.1 Å². The minimum Gasteiger partial charge on any atom is -0.490 e. The van der Waals surface area contributed by atoms with E-state index in [1.807, 2.05) is 18.4 Å². The van der Waals surface area contributed by atoms with Crippen molar-refractivity contribution in [2.45, 2.75) is 12.8 Å². The molecule has 0 aliphatic rings. The Morgan fingerprint density at radius 2 is 2.18 bits per heavy atom. The number of aryl methyl sites for hydroxylation is 1. The van der Waals surface area contributed by atoms with Crippen molar-refractivity contribution in [3.05, 3.63) is 45.9 Å². The van der Waals surface area contributed by atoms with Gasteiger partial charge in [-0.05, 0) is 19.1 Å². The summed E-state index contributed by atoms with van der Waals surface area (Å²) < 4.78 is 10.5. The first-order chi connectivity index (χ1) is 10.7. The molecule has 6 heteroatoms. The number of hydrogen-bond donors (Lipinski definition) is 0. The fraction of sp³-hybridized carbons (Fsp3) is 0.312. The monoisotopic (exact) mass is 316 g/mol. The van der Waals surface area contributed by atoms with Crippen molar-refractivity contribution in [2.24, 2.45) is 0 Å². The summed E-state index contributed by atoms with van der Waals surface area (Å²) in [6, 6.07) is 8.95. The van der Waals surface area contributed by atoms with Crippen LogP contribution in [-0.2, 0) is 4.74 Å². The molecule has 114 valence electrons.